The molecule has 0 unspecified atom stereocenters. The van der Waals surface area contributed by atoms with E-state index >= 15 is 0 Å². The third-order valence-corrected chi connectivity index (χ3v) is 6.22. The number of nitrogens with zero attached hydrogens (tertiary/aromatic N) is 1. The molecule has 190 valence electrons. The Bertz CT molecular complexity index is 1170. The highest BCUT2D eigenvalue weighted by molar-refractivity contribution is 6.36. The lowest BCUT2D eigenvalue weighted by Gasteiger charge is -2.34. The topological polar surface area (TPSA) is 58.6 Å². The molecule has 1 atom stereocenters. The first kappa shape index (κ1) is 27.6. The molecule has 36 heavy (non-hydrogen) atoms. The van der Waals surface area contributed by atoms with E-state index in [9.17, 15) is 9.59 Å². The van der Waals surface area contributed by atoms with Crippen LogP contribution < -0.4 is 10.1 Å². The Labute approximate surface area is 223 Å². The van der Waals surface area contributed by atoms with Crippen molar-refractivity contribution in [2.75, 3.05) is 6.61 Å². The predicted octanol–water partition coefficient (Wildman–Crippen LogP) is 6.24. The Balaban J connectivity index is 1.98. The number of hydrogen-bond acceptors (Lipinski definition) is 3. The van der Waals surface area contributed by atoms with E-state index in [2.05, 4.69) is 5.32 Å². The second-order valence-corrected chi connectivity index (χ2v) is 10.6. The highest BCUT2D eigenvalue weighted by atomic mass is 35.5. The first-order valence-electron chi connectivity index (χ1n) is 11.8. The van der Waals surface area contributed by atoms with Gasteiger partial charge >= 0.3 is 0 Å². The van der Waals surface area contributed by atoms with E-state index in [1.807, 2.05) is 76.2 Å². The molecule has 0 heterocycles. The van der Waals surface area contributed by atoms with Gasteiger partial charge in [-0.3, -0.25) is 9.59 Å². The van der Waals surface area contributed by atoms with Crippen molar-refractivity contribution in [3.8, 4) is 5.75 Å². The van der Waals surface area contributed by atoms with Crippen molar-refractivity contribution in [2.45, 2.75) is 52.2 Å². The fourth-order valence-corrected chi connectivity index (χ4v) is 4.31. The third kappa shape index (κ3) is 8.00. The Morgan fingerprint density at radius 2 is 1.58 bits per heavy atom. The molecule has 1 N–H and O–H groups in total. The van der Waals surface area contributed by atoms with Crippen LogP contribution in [0.5, 0.6) is 5.75 Å². The summed E-state index contributed by atoms with van der Waals surface area (Å²) in [5.41, 5.74) is 2.03. The van der Waals surface area contributed by atoms with Crippen LogP contribution in [0.15, 0.2) is 72.8 Å². The van der Waals surface area contributed by atoms with Crippen molar-refractivity contribution < 1.29 is 14.3 Å². The number of halogens is 2. The summed E-state index contributed by atoms with van der Waals surface area (Å²) in [4.78, 5) is 28.8. The Hall–Kier alpha value is -3.02. The largest absolute Gasteiger partial charge is 0.484 e. The van der Waals surface area contributed by atoms with Gasteiger partial charge in [-0.2, -0.15) is 0 Å². The van der Waals surface area contributed by atoms with E-state index in [-0.39, 0.29) is 25.0 Å². The van der Waals surface area contributed by atoms with Gasteiger partial charge in [0.05, 0.1) is 0 Å². The number of amides is 2. The van der Waals surface area contributed by atoms with Crippen LogP contribution in [-0.2, 0) is 22.6 Å². The number of rotatable bonds is 9. The molecule has 0 aliphatic heterocycles. The molecule has 0 saturated heterocycles. The van der Waals surface area contributed by atoms with Crippen LogP contribution in [0.3, 0.4) is 0 Å². The minimum Gasteiger partial charge on any atom is -0.484 e. The number of nitrogens with one attached hydrogen (secondary N) is 1. The fraction of sp³-hybridized carbons (Fsp3) is 0.310. The van der Waals surface area contributed by atoms with Crippen molar-refractivity contribution >= 4 is 35.0 Å². The number of hydrogen-bond donors (Lipinski definition) is 1. The maximum Gasteiger partial charge on any atom is 0.261 e. The summed E-state index contributed by atoms with van der Waals surface area (Å²) >= 11 is 12.9. The molecular formula is C29H32Cl2N2O3. The van der Waals surface area contributed by atoms with Crippen LogP contribution in [-0.4, -0.2) is 34.9 Å². The lowest BCUT2D eigenvalue weighted by molar-refractivity contribution is -0.143. The van der Waals surface area contributed by atoms with E-state index in [4.69, 9.17) is 27.9 Å². The minimum atomic E-state index is -0.812. The van der Waals surface area contributed by atoms with E-state index in [0.29, 0.717) is 27.8 Å². The molecule has 7 heteroatoms. The average molecular weight is 527 g/mol. The van der Waals surface area contributed by atoms with Crippen LogP contribution in [0.2, 0.25) is 10.0 Å². The van der Waals surface area contributed by atoms with Gasteiger partial charge in [0.2, 0.25) is 5.91 Å². The zero-order chi connectivity index (χ0) is 26.3. The number of carbonyl (C=O) groups excluding carboxylic acids is 2. The van der Waals surface area contributed by atoms with Gasteiger partial charge in [-0.05, 0) is 63.1 Å². The summed E-state index contributed by atoms with van der Waals surface area (Å²) in [5, 5.41) is 3.88. The van der Waals surface area contributed by atoms with E-state index in [0.717, 1.165) is 11.1 Å². The summed E-state index contributed by atoms with van der Waals surface area (Å²) in [6.45, 7) is 7.49. The van der Waals surface area contributed by atoms with E-state index in [1.54, 1.807) is 24.3 Å². The molecule has 3 aromatic rings. The van der Waals surface area contributed by atoms with Crippen LogP contribution in [0.4, 0.5) is 0 Å². The van der Waals surface area contributed by atoms with Gasteiger partial charge in [0, 0.05) is 34.1 Å². The zero-order valence-corrected chi connectivity index (χ0v) is 22.6. The molecule has 0 aromatic heterocycles. The molecule has 3 rings (SSSR count). The number of carbonyl (C=O) groups is 2. The highest BCUT2D eigenvalue weighted by Crippen LogP contribution is 2.27. The predicted molar refractivity (Wildman–Crippen MR) is 146 cm³/mol. The van der Waals surface area contributed by atoms with Gasteiger partial charge in [-0.1, -0.05) is 71.7 Å². The molecule has 0 fully saturated rings. The second kappa shape index (κ2) is 12.3. The average Bonchev–Trinajstić information content (AvgIpc) is 2.81. The van der Waals surface area contributed by atoms with Crippen molar-refractivity contribution in [3.05, 3.63) is 99.5 Å². The van der Waals surface area contributed by atoms with Crippen molar-refractivity contribution in [1.82, 2.24) is 10.2 Å². The van der Waals surface area contributed by atoms with E-state index in [1.165, 1.54) is 4.90 Å². The van der Waals surface area contributed by atoms with Gasteiger partial charge in [0.25, 0.3) is 5.91 Å². The van der Waals surface area contributed by atoms with Gasteiger partial charge in [0.15, 0.2) is 6.61 Å². The van der Waals surface area contributed by atoms with Gasteiger partial charge < -0.3 is 15.0 Å². The van der Waals surface area contributed by atoms with Crippen molar-refractivity contribution in [3.63, 3.8) is 0 Å². The number of aryl methyl sites for hydroxylation is 1. The van der Waals surface area contributed by atoms with E-state index < -0.39 is 11.6 Å². The highest BCUT2D eigenvalue weighted by Gasteiger charge is 2.33. The van der Waals surface area contributed by atoms with Crippen molar-refractivity contribution in [1.29, 1.82) is 0 Å². The molecule has 0 saturated carbocycles. The Morgan fingerprint density at radius 1 is 0.944 bits per heavy atom. The normalized spacial score (nSPS) is 12.1. The number of ether oxygens (including phenoxy) is 1. The quantitative estimate of drug-likeness (QED) is 0.359. The number of benzene rings is 3. The summed E-state index contributed by atoms with van der Waals surface area (Å²) in [6.07, 6.45) is 0.320. The lowest BCUT2D eigenvalue weighted by atomic mass is 10.0. The van der Waals surface area contributed by atoms with Gasteiger partial charge in [0.1, 0.15) is 11.8 Å². The minimum absolute atomic E-state index is 0.0591. The first-order chi connectivity index (χ1) is 17.0. The van der Waals surface area contributed by atoms with Crippen LogP contribution >= 0.6 is 23.2 Å². The standard InChI is InChI=1S/C29H32Cl2N2O3/c1-20-10-8-13-22(16-20)36-19-27(34)33(18-23-24(30)14-9-15-25(23)31)26(28(35)32-29(2,3)4)17-21-11-6-5-7-12-21/h5-16,26H,17-19H2,1-4H3,(H,32,35)/t26-/m1/s1. The first-order valence-corrected chi connectivity index (χ1v) is 12.6. The molecular weight excluding hydrogens is 495 g/mol. The van der Waals surface area contributed by atoms with Crippen molar-refractivity contribution in [2.24, 2.45) is 0 Å². The van der Waals surface area contributed by atoms with Crippen LogP contribution in [0, 0.1) is 6.92 Å². The monoisotopic (exact) mass is 526 g/mol. The van der Waals surface area contributed by atoms with Gasteiger partial charge in [-0.25, -0.2) is 0 Å². The van der Waals surface area contributed by atoms with Crippen LogP contribution in [0.1, 0.15) is 37.5 Å². The molecule has 0 aliphatic carbocycles. The molecule has 0 aliphatic rings. The SMILES string of the molecule is Cc1cccc(OCC(=O)N(Cc2c(Cl)cccc2Cl)[C@H](Cc2ccccc2)C(=O)NC(C)(C)C)c1. The molecule has 5 nitrogen and oxygen atoms in total. The molecule has 0 radical (unpaired) electrons. The molecule has 0 spiro atoms. The maximum absolute atomic E-state index is 13.7. The van der Waals surface area contributed by atoms with Gasteiger partial charge in [-0.15, -0.1) is 0 Å². The zero-order valence-electron chi connectivity index (χ0n) is 21.1. The lowest BCUT2D eigenvalue weighted by Crippen LogP contribution is -2.55. The summed E-state index contributed by atoms with van der Waals surface area (Å²) < 4.78 is 5.82. The van der Waals surface area contributed by atoms with Crippen LogP contribution in [0.25, 0.3) is 0 Å². The summed E-state index contributed by atoms with van der Waals surface area (Å²) in [7, 11) is 0. The Kier molecular flexibility index (Phi) is 9.41. The molecule has 0 bridgehead atoms. The smallest absolute Gasteiger partial charge is 0.261 e. The summed E-state index contributed by atoms with van der Waals surface area (Å²) in [5.74, 6) is -0.0336. The second-order valence-electron chi connectivity index (χ2n) is 9.77. The summed E-state index contributed by atoms with van der Waals surface area (Å²) in [6, 6.07) is 21.4. The molecule has 3 aromatic carbocycles. The maximum atomic E-state index is 13.7. The molecule has 2 amide bonds. The Morgan fingerprint density at radius 3 is 2.19 bits per heavy atom. The fourth-order valence-electron chi connectivity index (χ4n) is 3.79. The third-order valence-electron chi connectivity index (χ3n) is 5.51.